The molecule has 0 N–H and O–H groups in total. The Balaban J connectivity index is 3.18. The van der Waals surface area contributed by atoms with Crippen molar-refractivity contribution in [2.75, 3.05) is 7.11 Å². The van der Waals surface area contributed by atoms with E-state index in [1.165, 1.54) is 7.11 Å². The Morgan fingerprint density at radius 3 is 2.26 bits per heavy atom. The van der Waals surface area contributed by atoms with Crippen molar-refractivity contribution in [2.45, 2.75) is 45.4 Å². The van der Waals surface area contributed by atoms with Gasteiger partial charge in [-0.15, -0.1) is 0 Å². The summed E-state index contributed by atoms with van der Waals surface area (Å²) in [5.41, 5.74) is -2.33. The third kappa shape index (κ3) is 5.88. The molecule has 0 bridgehead atoms. The maximum Gasteiger partial charge on any atom is 0.433 e. The third-order valence-electron chi connectivity index (χ3n) is 2.69. The van der Waals surface area contributed by atoms with Crippen molar-refractivity contribution < 1.29 is 32.2 Å². The number of halogens is 3. The van der Waals surface area contributed by atoms with Crippen LogP contribution in [0.25, 0.3) is 0 Å². The summed E-state index contributed by atoms with van der Waals surface area (Å²) >= 11 is 0. The second-order valence-corrected chi connectivity index (χ2v) is 5.78. The fraction of sp³-hybridized carbons (Fsp3) is 0.533. The van der Waals surface area contributed by atoms with E-state index in [0.717, 1.165) is 12.1 Å². The zero-order valence-electron chi connectivity index (χ0n) is 13.3. The maximum absolute atomic E-state index is 12.8. The first-order valence-electron chi connectivity index (χ1n) is 6.81. The molecule has 0 amide bonds. The molecule has 0 fully saturated rings. The second kappa shape index (κ2) is 6.97. The van der Waals surface area contributed by atoms with E-state index in [1.54, 1.807) is 20.8 Å². The SMILES string of the molecule is COC(=O)CCc1ccc(C(F)(F)F)nc1C(=O)OC(C)(C)C. The van der Waals surface area contributed by atoms with Gasteiger partial charge >= 0.3 is 18.1 Å². The highest BCUT2D eigenvalue weighted by Crippen LogP contribution is 2.29. The molecular weight excluding hydrogens is 315 g/mol. The minimum absolute atomic E-state index is 0.0202. The molecule has 0 aliphatic carbocycles. The maximum atomic E-state index is 12.8. The van der Waals surface area contributed by atoms with E-state index in [1.807, 2.05) is 0 Å². The van der Waals surface area contributed by atoms with Gasteiger partial charge in [-0.25, -0.2) is 9.78 Å². The van der Waals surface area contributed by atoms with Crippen LogP contribution in [0.2, 0.25) is 0 Å². The molecule has 1 rings (SSSR count). The molecule has 0 radical (unpaired) electrons. The van der Waals surface area contributed by atoms with Gasteiger partial charge in [-0.2, -0.15) is 13.2 Å². The number of methoxy groups -OCH3 is 1. The van der Waals surface area contributed by atoms with Gasteiger partial charge in [0.1, 0.15) is 11.3 Å². The summed E-state index contributed by atoms with van der Waals surface area (Å²) in [5.74, 6) is -1.51. The van der Waals surface area contributed by atoms with Crippen LogP contribution in [-0.4, -0.2) is 29.6 Å². The first-order valence-corrected chi connectivity index (χ1v) is 6.81. The van der Waals surface area contributed by atoms with E-state index in [2.05, 4.69) is 9.72 Å². The number of pyridine rings is 1. The normalized spacial score (nSPS) is 12.0. The number of alkyl halides is 3. The molecule has 0 unspecified atom stereocenters. The largest absolute Gasteiger partial charge is 0.469 e. The number of esters is 2. The van der Waals surface area contributed by atoms with E-state index < -0.39 is 35.1 Å². The van der Waals surface area contributed by atoms with E-state index in [0.29, 0.717) is 0 Å². The Kier molecular flexibility index (Phi) is 5.74. The van der Waals surface area contributed by atoms with Gasteiger partial charge in [0, 0.05) is 6.42 Å². The zero-order valence-corrected chi connectivity index (χ0v) is 13.3. The number of nitrogens with zero attached hydrogens (tertiary/aromatic N) is 1. The summed E-state index contributed by atoms with van der Waals surface area (Å²) in [6.45, 7) is 4.77. The zero-order chi connectivity index (χ0) is 17.8. The van der Waals surface area contributed by atoms with Crippen molar-refractivity contribution in [3.8, 4) is 0 Å². The average Bonchev–Trinajstić information content (AvgIpc) is 2.41. The summed E-state index contributed by atoms with van der Waals surface area (Å²) in [7, 11) is 1.20. The average molecular weight is 333 g/mol. The van der Waals surface area contributed by atoms with Gasteiger partial charge in [0.25, 0.3) is 0 Å². The summed E-state index contributed by atoms with van der Waals surface area (Å²) in [5, 5.41) is 0. The van der Waals surface area contributed by atoms with Gasteiger partial charge in [0.05, 0.1) is 7.11 Å². The van der Waals surface area contributed by atoms with E-state index in [9.17, 15) is 22.8 Å². The van der Waals surface area contributed by atoms with Gasteiger partial charge < -0.3 is 9.47 Å². The topological polar surface area (TPSA) is 65.5 Å². The quantitative estimate of drug-likeness (QED) is 0.792. The lowest BCUT2D eigenvalue weighted by molar-refractivity contribution is -0.142. The lowest BCUT2D eigenvalue weighted by Crippen LogP contribution is -2.26. The molecule has 0 saturated carbocycles. The number of hydrogen-bond donors (Lipinski definition) is 0. The first kappa shape index (κ1) is 18.9. The molecule has 0 spiro atoms. The van der Waals surface area contributed by atoms with E-state index in [4.69, 9.17) is 4.74 Å². The standard InChI is InChI=1S/C15H18F3NO4/c1-14(2,3)23-13(21)12-9(6-8-11(20)22-4)5-7-10(19-12)15(16,17)18/h5,7H,6,8H2,1-4H3. The van der Waals surface area contributed by atoms with Crippen LogP contribution in [0, 0.1) is 0 Å². The molecule has 1 aromatic heterocycles. The van der Waals surface area contributed by atoms with Crippen LogP contribution in [0.4, 0.5) is 13.2 Å². The van der Waals surface area contributed by atoms with Crippen LogP contribution in [0.3, 0.4) is 0 Å². The number of carbonyl (C=O) groups excluding carboxylic acids is 2. The second-order valence-electron chi connectivity index (χ2n) is 5.78. The number of aryl methyl sites for hydroxylation is 1. The van der Waals surface area contributed by atoms with Crippen molar-refractivity contribution in [2.24, 2.45) is 0 Å². The van der Waals surface area contributed by atoms with Crippen molar-refractivity contribution >= 4 is 11.9 Å². The predicted molar refractivity (Wildman–Crippen MR) is 74.7 cm³/mol. The van der Waals surface area contributed by atoms with E-state index in [-0.39, 0.29) is 18.4 Å². The predicted octanol–water partition coefficient (Wildman–Crippen LogP) is 3.16. The highest BCUT2D eigenvalue weighted by molar-refractivity contribution is 5.89. The highest BCUT2D eigenvalue weighted by atomic mass is 19.4. The molecule has 23 heavy (non-hydrogen) atoms. The Bertz CT molecular complexity index is 591. The van der Waals surface area contributed by atoms with Crippen molar-refractivity contribution in [1.29, 1.82) is 0 Å². The lowest BCUT2D eigenvalue weighted by Gasteiger charge is -2.20. The van der Waals surface area contributed by atoms with Crippen molar-refractivity contribution in [1.82, 2.24) is 4.98 Å². The van der Waals surface area contributed by atoms with Crippen LogP contribution >= 0.6 is 0 Å². The van der Waals surface area contributed by atoms with E-state index >= 15 is 0 Å². The summed E-state index contributed by atoms with van der Waals surface area (Å²) in [4.78, 5) is 26.7. The van der Waals surface area contributed by atoms with Crippen LogP contribution in [0.1, 0.15) is 48.9 Å². The fourth-order valence-corrected chi connectivity index (χ4v) is 1.69. The molecule has 5 nitrogen and oxygen atoms in total. The summed E-state index contributed by atoms with van der Waals surface area (Å²) in [6.07, 6.45) is -4.75. The third-order valence-corrected chi connectivity index (χ3v) is 2.69. The minimum atomic E-state index is -4.68. The molecule has 0 aliphatic heterocycles. The van der Waals surface area contributed by atoms with Gasteiger partial charge in [-0.05, 0) is 38.8 Å². The van der Waals surface area contributed by atoms with Gasteiger partial charge in [-0.3, -0.25) is 4.79 Å². The number of aromatic nitrogens is 1. The van der Waals surface area contributed by atoms with Crippen LogP contribution in [0.5, 0.6) is 0 Å². The van der Waals surface area contributed by atoms with Gasteiger partial charge in [-0.1, -0.05) is 6.07 Å². The molecule has 128 valence electrons. The lowest BCUT2D eigenvalue weighted by atomic mass is 10.1. The molecule has 1 heterocycles. The molecular formula is C15H18F3NO4. The molecule has 8 heteroatoms. The van der Waals surface area contributed by atoms with Crippen LogP contribution < -0.4 is 0 Å². The van der Waals surface area contributed by atoms with Crippen molar-refractivity contribution in [3.63, 3.8) is 0 Å². The smallest absolute Gasteiger partial charge is 0.433 e. The highest BCUT2D eigenvalue weighted by Gasteiger charge is 2.34. The molecule has 1 aromatic rings. The molecule has 0 aromatic carbocycles. The number of hydrogen-bond acceptors (Lipinski definition) is 5. The first-order chi connectivity index (χ1) is 10.4. The summed E-state index contributed by atoms with van der Waals surface area (Å²) in [6, 6.07) is 1.89. The van der Waals surface area contributed by atoms with Crippen molar-refractivity contribution in [3.05, 3.63) is 29.1 Å². The van der Waals surface area contributed by atoms with Gasteiger partial charge in [0.15, 0.2) is 5.69 Å². The van der Waals surface area contributed by atoms with Gasteiger partial charge in [0.2, 0.25) is 0 Å². The Hall–Kier alpha value is -2.12. The molecule has 0 atom stereocenters. The number of carbonyl (C=O) groups is 2. The summed E-state index contributed by atoms with van der Waals surface area (Å²) < 4.78 is 47.9. The minimum Gasteiger partial charge on any atom is -0.469 e. The number of rotatable bonds is 4. The number of ether oxygens (including phenoxy) is 2. The molecule has 0 aliphatic rings. The Morgan fingerprint density at radius 1 is 1.17 bits per heavy atom. The van der Waals surface area contributed by atoms with Crippen LogP contribution in [0.15, 0.2) is 12.1 Å². The molecule has 0 saturated heterocycles. The fourth-order valence-electron chi connectivity index (χ4n) is 1.69. The monoisotopic (exact) mass is 333 g/mol. The van der Waals surface area contributed by atoms with Crippen LogP contribution in [-0.2, 0) is 26.9 Å². The Morgan fingerprint density at radius 2 is 1.78 bits per heavy atom. The Labute approximate surface area is 131 Å².